The number of rotatable bonds is 4. The number of nitrogens with zero attached hydrogens (tertiary/aromatic N) is 3. The zero-order valence-electron chi connectivity index (χ0n) is 17.2. The summed E-state index contributed by atoms with van der Waals surface area (Å²) in [5.41, 5.74) is -0.135. The highest BCUT2D eigenvalue weighted by Gasteiger charge is 2.40. The first-order valence-corrected chi connectivity index (χ1v) is 10.5. The maximum absolute atomic E-state index is 15.4. The number of aromatic carboxylic acids is 1. The molecule has 1 N–H and O–H groups in total. The molecule has 2 atom stereocenters. The standard InChI is InChI=1S/C22H26FN3O4/c1-24-7-3-4-12-9-25(11-17(12)24)19-16(23)8-14-18(21(19)30-2)26(13-5-6-13)10-15(20(14)27)22(28)29/h8,10,12-13,17H,3-7,9,11H2,1-2H3,(H,28,29)/t12-,17+/m0/s1. The molecule has 2 saturated heterocycles. The molecule has 7 nitrogen and oxygen atoms in total. The molecule has 160 valence electrons. The summed E-state index contributed by atoms with van der Waals surface area (Å²) in [4.78, 5) is 28.8. The van der Waals surface area contributed by atoms with Crippen LogP contribution in [0.25, 0.3) is 10.9 Å². The summed E-state index contributed by atoms with van der Waals surface area (Å²) in [6, 6.07) is 1.68. The van der Waals surface area contributed by atoms with Gasteiger partial charge in [-0.25, -0.2) is 9.18 Å². The van der Waals surface area contributed by atoms with Crippen molar-refractivity contribution in [2.45, 2.75) is 37.8 Å². The van der Waals surface area contributed by atoms with E-state index in [2.05, 4.69) is 11.9 Å². The second-order valence-electron chi connectivity index (χ2n) is 8.81. The highest BCUT2D eigenvalue weighted by Crippen LogP contribution is 2.45. The molecule has 3 heterocycles. The number of pyridine rings is 1. The zero-order valence-corrected chi connectivity index (χ0v) is 17.2. The smallest absolute Gasteiger partial charge is 0.341 e. The number of carbonyl (C=O) groups is 1. The van der Waals surface area contributed by atoms with Crippen molar-refractivity contribution >= 4 is 22.6 Å². The van der Waals surface area contributed by atoms with Crippen LogP contribution in [-0.4, -0.2) is 60.4 Å². The molecule has 0 unspecified atom stereocenters. The Morgan fingerprint density at radius 1 is 1.27 bits per heavy atom. The molecule has 1 saturated carbocycles. The predicted octanol–water partition coefficient (Wildman–Crippen LogP) is 2.71. The fraction of sp³-hybridized carbons (Fsp3) is 0.545. The van der Waals surface area contributed by atoms with E-state index in [0.717, 1.165) is 38.8 Å². The number of ether oxygens (including phenoxy) is 1. The quantitative estimate of drug-likeness (QED) is 0.828. The summed E-state index contributed by atoms with van der Waals surface area (Å²) in [6.45, 7) is 2.50. The monoisotopic (exact) mass is 415 g/mol. The van der Waals surface area contributed by atoms with Gasteiger partial charge in [0.2, 0.25) is 5.43 Å². The number of carboxylic acid groups (broad SMARTS) is 1. The van der Waals surface area contributed by atoms with E-state index in [0.29, 0.717) is 35.5 Å². The van der Waals surface area contributed by atoms with Gasteiger partial charge in [0, 0.05) is 31.4 Å². The first-order chi connectivity index (χ1) is 14.4. The van der Waals surface area contributed by atoms with Gasteiger partial charge in [0.05, 0.1) is 18.0 Å². The Balaban J connectivity index is 1.72. The Bertz CT molecular complexity index is 1090. The highest BCUT2D eigenvalue weighted by molar-refractivity contribution is 5.97. The van der Waals surface area contributed by atoms with Gasteiger partial charge in [-0.1, -0.05) is 0 Å². The van der Waals surface area contributed by atoms with Gasteiger partial charge in [-0.3, -0.25) is 4.79 Å². The van der Waals surface area contributed by atoms with Crippen molar-refractivity contribution in [2.24, 2.45) is 5.92 Å². The van der Waals surface area contributed by atoms with Crippen molar-refractivity contribution in [2.75, 3.05) is 38.7 Å². The third-order valence-electron chi connectivity index (χ3n) is 6.95. The third-order valence-corrected chi connectivity index (χ3v) is 6.95. The van der Waals surface area contributed by atoms with E-state index in [-0.39, 0.29) is 17.0 Å². The first kappa shape index (κ1) is 19.4. The van der Waals surface area contributed by atoms with Crippen LogP contribution >= 0.6 is 0 Å². The van der Waals surface area contributed by atoms with E-state index in [4.69, 9.17) is 4.74 Å². The average molecular weight is 415 g/mol. The minimum atomic E-state index is -1.30. The number of piperidine rings is 1. The fourth-order valence-electron chi connectivity index (χ4n) is 5.31. The van der Waals surface area contributed by atoms with E-state index < -0.39 is 17.2 Å². The summed E-state index contributed by atoms with van der Waals surface area (Å²) in [5.74, 6) is -1.04. The number of likely N-dealkylation sites (tertiary alicyclic amines) is 1. The van der Waals surface area contributed by atoms with Crippen molar-refractivity contribution < 1.29 is 19.0 Å². The molecule has 3 fully saturated rings. The Hall–Kier alpha value is -2.61. The predicted molar refractivity (Wildman–Crippen MR) is 111 cm³/mol. The van der Waals surface area contributed by atoms with Crippen molar-refractivity contribution in [1.29, 1.82) is 0 Å². The number of aromatic nitrogens is 1. The van der Waals surface area contributed by atoms with Crippen LogP contribution in [0.2, 0.25) is 0 Å². The minimum Gasteiger partial charge on any atom is -0.492 e. The van der Waals surface area contributed by atoms with Crippen LogP contribution in [-0.2, 0) is 0 Å². The number of hydrogen-bond acceptors (Lipinski definition) is 5. The molecule has 0 radical (unpaired) electrons. The van der Waals surface area contributed by atoms with Gasteiger partial charge in [0.15, 0.2) is 11.6 Å². The summed E-state index contributed by atoms with van der Waals surface area (Å²) < 4.78 is 22.9. The molecule has 1 aromatic heterocycles. The lowest BCUT2D eigenvalue weighted by Crippen LogP contribution is -2.42. The number of fused-ring (bicyclic) bond motifs is 2. The van der Waals surface area contributed by atoms with E-state index in [1.165, 1.54) is 19.4 Å². The molecule has 3 aliphatic rings. The maximum Gasteiger partial charge on any atom is 0.341 e. The Kier molecular flexibility index (Phi) is 4.50. The Morgan fingerprint density at radius 3 is 2.67 bits per heavy atom. The van der Waals surface area contributed by atoms with E-state index in [1.54, 1.807) is 4.57 Å². The van der Waals surface area contributed by atoms with Crippen molar-refractivity contribution in [3.63, 3.8) is 0 Å². The SMILES string of the molecule is COc1c(N2C[C@@H]3CCCN(C)[C@@H]3C2)c(F)cc2c(=O)c(C(=O)O)cn(C3CC3)c12. The molecule has 0 spiro atoms. The number of anilines is 1. The lowest BCUT2D eigenvalue weighted by Gasteiger charge is -2.33. The number of benzene rings is 1. The van der Waals surface area contributed by atoms with Gasteiger partial charge < -0.3 is 24.2 Å². The van der Waals surface area contributed by atoms with Crippen molar-refractivity contribution in [1.82, 2.24) is 9.47 Å². The van der Waals surface area contributed by atoms with Crippen LogP contribution in [0.15, 0.2) is 17.1 Å². The summed E-state index contributed by atoms with van der Waals surface area (Å²) in [5, 5.41) is 9.53. The van der Waals surface area contributed by atoms with Gasteiger partial charge in [-0.05, 0) is 51.3 Å². The van der Waals surface area contributed by atoms with Crippen LogP contribution in [0.1, 0.15) is 42.1 Å². The fourth-order valence-corrected chi connectivity index (χ4v) is 5.31. The number of likely N-dealkylation sites (N-methyl/N-ethyl adjacent to an activating group) is 1. The molecule has 0 bridgehead atoms. The molecular weight excluding hydrogens is 389 g/mol. The largest absolute Gasteiger partial charge is 0.492 e. The second-order valence-corrected chi connectivity index (χ2v) is 8.81. The summed E-state index contributed by atoms with van der Waals surface area (Å²) in [6.07, 6.45) is 5.45. The summed E-state index contributed by atoms with van der Waals surface area (Å²) in [7, 11) is 3.60. The van der Waals surface area contributed by atoms with Crippen molar-refractivity contribution in [3.8, 4) is 5.75 Å². The Labute approximate surface area is 173 Å². The normalized spacial score (nSPS) is 24.3. The number of methoxy groups -OCH3 is 1. The number of hydrogen-bond donors (Lipinski definition) is 1. The van der Waals surface area contributed by atoms with Gasteiger partial charge in [0.25, 0.3) is 0 Å². The van der Waals surface area contributed by atoms with Crippen LogP contribution in [0.3, 0.4) is 0 Å². The lowest BCUT2D eigenvalue weighted by atomic mass is 9.93. The maximum atomic E-state index is 15.4. The molecular formula is C22H26FN3O4. The average Bonchev–Trinajstić information content (AvgIpc) is 3.46. The van der Waals surface area contributed by atoms with E-state index in [9.17, 15) is 14.7 Å². The number of carboxylic acids is 1. The van der Waals surface area contributed by atoms with E-state index in [1.807, 2.05) is 4.90 Å². The minimum absolute atomic E-state index is 0.0635. The second kappa shape index (κ2) is 6.97. The van der Waals surface area contributed by atoms with Gasteiger partial charge in [-0.2, -0.15) is 0 Å². The topological polar surface area (TPSA) is 75.0 Å². The molecule has 30 heavy (non-hydrogen) atoms. The first-order valence-electron chi connectivity index (χ1n) is 10.5. The van der Waals surface area contributed by atoms with Crippen molar-refractivity contribution in [3.05, 3.63) is 33.9 Å². The summed E-state index contributed by atoms with van der Waals surface area (Å²) >= 11 is 0. The molecule has 2 aromatic rings. The van der Waals surface area contributed by atoms with Gasteiger partial charge in [-0.15, -0.1) is 0 Å². The van der Waals surface area contributed by atoms with Gasteiger partial charge in [0.1, 0.15) is 11.3 Å². The molecule has 5 rings (SSSR count). The van der Waals surface area contributed by atoms with E-state index >= 15 is 4.39 Å². The zero-order chi connectivity index (χ0) is 21.2. The van der Waals surface area contributed by atoms with Gasteiger partial charge >= 0.3 is 5.97 Å². The Morgan fingerprint density at radius 2 is 2.03 bits per heavy atom. The third kappa shape index (κ3) is 2.88. The highest BCUT2D eigenvalue weighted by atomic mass is 19.1. The molecule has 1 aliphatic carbocycles. The van der Waals surface area contributed by atoms with Crippen LogP contribution in [0.4, 0.5) is 10.1 Å². The molecule has 1 aromatic carbocycles. The lowest BCUT2D eigenvalue weighted by molar-refractivity contribution is 0.0695. The van der Waals surface area contributed by atoms with Crippen LogP contribution < -0.4 is 15.1 Å². The molecule has 2 aliphatic heterocycles. The molecule has 0 amide bonds. The molecule has 8 heteroatoms. The van der Waals surface area contributed by atoms with Crippen LogP contribution in [0.5, 0.6) is 5.75 Å². The number of halogens is 1. The van der Waals surface area contributed by atoms with Crippen LogP contribution in [0, 0.1) is 11.7 Å².